The van der Waals surface area contributed by atoms with Crippen molar-refractivity contribution in [3.8, 4) is 0 Å². The van der Waals surface area contributed by atoms with Crippen molar-refractivity contribution in [2.75, 3.05) is 26.5 Å². The maximum absolute atomic E-state index is 6.94. The molecule has 1 saturated heterocycles. The van der Waals surface area contributed by atoms with Crippen LogP contribution in [-0.2, 0) is 18.9 Å². The normalized spacial score (nSPS) is 24.9. The second kappa shape index (κ2) is 13.0. The van der Waals surface area contributed by atoms with Crippen LogP contribution >= 0.6 is 15.8 Å². The summed E-state index contributed by atoms with van der Waals surface area (Å²) in [5, 5.41) is 5.27. The van der Waals surface area contributed by atoms with E-state index < -0.39 is 27.4 Å². The molecular formula is C34H38O4P2. The fourth-order valence-corrected chi connectivity index (χ4v) is 10.1. The lowest BCUT2D eigenvalue weighted by Gasteiger charge is -2.53. The van der Waals surface area contributed by atoms with Crippen LogP contribution in [0.3, 0.4) is 0 Å². The Hall–Kier alpha value is -2.42. The van der Waals surface area contributed by atoms with Crippen molar-refractivity contribution >= 4 is 37.1 Å². The van der Waals surface area contributed by atoms with Crippen LogP contribution in [0.5, 0.6) is 0 Å². The monoisotopic (exact) mass is 572 g/mol. The molecule has 0 amide bonds. The molecule has 4 atom stereocenters. The van der Waals surface area contributed by atoms with E-state index in [1.165, 1.54) is 21.2 Å². The summed E-state index contributed by atoms with van der Waals surface area (Å²) in [6, 6.07) is 43.1. The van der Waals surface area contributed by atoms with Crippen molar-refractivity contribution in [3.05, 3.63) is 121 Å². The van der Waals surface area contributed by atoms with Crippen LogP contribution in [0, 0.1) is 0 Å². The maximum atomic E-state index is 6.94. The molecule has 4 nitrogen and oxygen atoms in total. The van der Waals surface area contributed by atoms with Gasteiger partial charge in [-0.05, 0) is 50.9 Å². The summed E-state index contributed by atoms with van der Waals surface area (Å²) < 4.78 is 25.8. The predicted molar refractivity (Wildman–Crippen MR) is 168 cm³/mol. The Kier molecular flexibility index (Phi) is 9.49. The van der Waals surface area contributed by atoms with E-state index in [2.05, 4.69) is 121 Å². The molecule has 208 valence electrons. The molecule has 1 aliphatic heterocycles. The fraction of sp³-hybridized carbons (Fsp3) is 0.294. The van der Waals surface area contributed by atoms with Gasteiger partial charge < -0.3 is 18.9 Å². The Morgan fingerprint density at radius 2 is 0.750 bits per heavy atom. The van der Waals surface area contributed by atoms with Gasteiger partial charge in [-0.25, -0.2) is 0 Å². The third kappa shape index (κ3) is 6.24. The van der Waals surface area contributed by atoms with Crippen LogP contribution in [0.25, 0.3) is 0 Å². The van der Waals surface area contributed by atoms with Gasteiger partial charge in [0.1, 0.15) is 0 Å². The molecular weight excluding hydrogens is 534 g/mol. The Morgan fingerprint density at radius 3 is 0.975 bits per heavy atom. The predicted octanol–water partition coefficient (Wildman–Crippen LogP) is 5.76. The highest BCUT2D eigenvalue weighted by molar-refractivity contribution is 7.73. The summed E-state index contributed by atoms with van der Waals surface area (Å²) in [6.45, 7) is 3.84. The standard InChI is InChI=1S/C34H38O4P2/c1-33(35-3)34(2,36-4)38-32(26-40(29-21-13-7-14-22-29)30-23-15-8-16-24-30)31(37-33)25-39(27-17-9-5-10-18-27)28-19-11-6-12-20-28/h5-24,31-32H,25-26H2,1-4H3/t31-,32-,33+,34+/m0/s1. The number of hydrogen-bond acceptors (Lipinski definition) is 4. The molecule has 0 aliphatic carbocycles. The van der Waals surface area contributed by atoms with Crippen LogP contribution < -0.4 is 21.2 Å². The van der Waals surface area contributed by atoms with E-state index >= 15 is 0 Å². The Bertz CT molecular complexity index is 1140. The lowest BCUT2D eigenvalue weighted by molar-refractivity contribution is -0.442. The first-order valence-corrected chi connectivity index (χ1v) is 16.7. The van der Waals surface area contributed by atoms with Crippen molar-refractivity contribution in [1.29, 1.82) is 0 Å². The quantitative estimate of drug-likeness (QED) is 0.227. The largest absolute Gasteiger partial charge is 0.349 e. The molecule has 4 aromatic rings. The molecule has 5 rings (SSSR count). The minimum absolute atomic E-state index is 0.211. The third-order valence-electron chi connectivity index (χ3n) is 7.77. The number of hydrogen-bond donors (Lipinski definition) is 0. The molecule has 0 saturated carbocycles. The Balaban J connectivity index is 1.55. The number of benzene rings is 4. The average Bonchev–Trinajstić information content (AvgIpc) is 3.02. The second-order valence-electron chi connectivity index (χ2n) is 10.2. The molecule has 1 heterocycles. The Morgan fingerprint density at radius 1 is 0.500 bits per heavy atom. The third-order valence-corrected chi connectivity index (χ3v) is 12.9. The zero-order chi connectivity index (χ0) is 28.0. The first-order chi connectivity index (χ1) is 19.5. The SMILES string of the molecule is CO[C@]1(C)O[C@@H](CP(c2ccccc2)c2ccccc2)[C@H](CP(c2ccccc2)c2ccccc2)O[C@@]1(C)OC. The number of rotatable bonds is 10. The van der Waals surface area contributed by atoms with E-state index in [9.17, 15) is 0 Å². The van der Waals surface area contributed by atoms with Gasteiger partial charge in [-0.1, -0.05) is 121 Å². The topological polar surface area (TPSA) is 36.9 Å². The lowest BCUT2D eigenvalue weighted by atomic mass is 10.0. The molecule has 0 spiro atoms. The van der Waals surface area contributed by atoms with Gasteiger partial charge in [-0.2, -0.15) is 0 Å². The molecule has 0 aromatic heterocycles. The minimum Gasteiger partial charge on any atom is -0.349 e. The van der Waals surface area contributed by atoms with Gasteiger partial charge in [0.05, 0.1) is 12.2 Å². The first-order valence-electron chi connectivity index (χ1n) is 13.7. The van der Waals surface area contributed by atoms with Gasteiger partial charge in [0, 0.05) is 26.5 Å². The second-order valence-corrected chi connectivity index (χ2v) is 14.7. The van der Waals surface area contributed by atoms with Crippen molar-refractivity contribution in [1.82, 2.24) is 0 Å². The van der Waals surface area contributed by atoms with Gasteiger partial charge in [0.15, 0.2) is 0 Å². The van der Waals surface area contributed by atoms with Crippen LogP contribution in [0.1, 0.15) is 13.8 Å². The zero-order valence-corrected chi connectivity index (χ0v) is 25.4. The van der Waals surface area contributed by atoms with Gasteiger partial charge >= 0.3 is 0 Å². The van der Waals surface area contributed by atoms with Crippen molar-refractivity contribution in [2.24, 2.45) is 0 Å². The molecule has 40 heavy (non-hydrogen) atoms. The minimum atomic E-state index is -1.07. The summed E-state index contributed by atoms with van der Waals surface area (Å²) in [7, 11) is 1.91. The number of methoxy groups -OCH3 is 2. The van der Waals surface area contributed by atoms with E-state index in [1.807, 2.05) is 13.8 Å². The van der Waals surface area contributed by atoms with Crippen LogP contribution in [0.2, 0.25) is 0 Å². The fourth-order valence-electron chi connectivity index (χ4n) is 5.23. The molecule has 6 heteroatoms. The average molecular weight is 573 g/mol. The van der Waals surface area contributed by atoms with Crippen molar-refractivity contribution < 1.29 is 18.9 Å². The van der Waals surface area contributed by atoms with E-state index in [1.54, 1.807) is 14.2 Å². The first kappa shape index (κ1) is 29.1. The summed E-state index contributed by atoms with van der Waals surface area (Å²) in [4.78, 5) is 0. The van der Waals surface area contributed by atoms with Gasteiger partial charge in [-0.3, -0.25) is 0 Å². The molecule has 1 fully saturated rings. The highest BCUT2D eigenvalue weighted by Crippen LogP contribution is 2.47. The van der Waals surface area contributed by atoms with E-state index in [0.29, 0.717) is 0 Å². The maximum Gasteiger partial charge on any atom is 0.220 e. The van der Waals surface area contributed by atoms with E-state index in [4.69, 9.17) is 18.9 Å². The highest BCUT2D eigenvalue weighted by Gasteiger charge is 2.57. The molecule has 0 radical (unpaired) electrons. The van der Waals surface area contributed by atoms with Gasteiger partial charge in [0.2, 0.25) is 11.6 Å². The molecule has 1 aliphatic rings. The van der Waals surface area contributed by atoms with E-state index in [-0.39, 0.29) is 12.2 Å². The molecule has 0 bridgehead atoms. The summed E-state index contributed by atoms with van der Waals surface area (Å²) in [5.41, 5.74) is 0. The lowest BCUT2D eigenvalue weighted by Crippen LogP contribution is -2.66. The van der Waals surface area contributed by atoms with Crippen LogP contribution in [0.4, 0.5) is 0 Å². The smallest absolute Gasteiger partial charge is 0.220 e. The van der Waals surface area contributed by atoms with Gasteiger partial charge in [0.25, 0.3) is 0 Å². The number of ether oxygens (including phenoxy) is 4. The molecule has 0 N–H and O–H groups in total. The van der Waals surface area contributed by atoms with Crippen molar-refractivity contribution in [3.63, 3.8) is 0 Å². The summed E-state index contributed by atoms with van der Waals surface area (Å²) in [5.74, 6) is -2.14. The van der Waals surface area contributed by atoms with Crippen LogP contribution in [0.15, 0.2) is 121 Å². The van der Waals surface area contributed by atoms with E-state index in [0.717, 1.165) is 12.3 Å². The van der Waals surface area contributed by atoms with Gasteiger partial charge in [-0.15, -0.1) is 0 Å². The summed E-state index contributed by atoms with van der Waals surface area (Å²) in [6.07, 6.45) is 1.19. The Labute approximate surface area is 241 Å². The highest BCUT2D eigenvalue weighted by atomic mass is 31.1. The molecule has 4 aromatic carbocycles. The molecule has 0 unspecified atom stereocenters. The van der Waals surface area contributed by atoms with Crippen LogP contribution in [-0.4, -0.2) is 50.3 Å². The van der Waals surface area contributed by atoms with Crippen molar-refractivity contribution in [2.45, 2.75) is 37.6 Å². The summed E-state index contributed by atoms with van der Waals surface area (Å²) >= 11 is 0. The zero-order valence-electron chi connectivity index (χ0n) is 23.6.